The van der Waals surface area contributed by atoms with Gasteiger partial charge in [0.05, 0.1) is 4.88 Å². The third kappa shape index (κ3) is 3.66. The van der Waals surface area contributed by atoms with Crippen LogP contribution in [0.3, 0.4) is 0 Å². The summed E-state index contributed by atoms with van der Waals surface area (Å²) in [6.45, 7) is 5.51. The normalized spacial score (nSPS) is 20.7. The highest BCUT2D eigenvalue weighted by molar-refractivity contribution is 7.14. The van der Waals surface area contributed by atoms with Crippen molar-refractivity contribution in [3.63, 3.8) is 0 Å². The molecule has 2 aliphatic rings. The highest BCUT2D eigenvalue weighted by Crippen LogP contribution is 2.33. The predicted molar refractivity (Wildman–Crippen MR) is 97.5 cm³/mol. The van der Waals surface area contributed by atoms with Gasteiger partial charge in [-0.3, -0.25) is 9.59 Å². The summed E-state index contributed by atoms with van der Waals surface area (Å²) >= 11 is 1.63. The van der Waals surface area contributed by atoms with Crippen molar-refractivity contribution in [2.75, 3.05) is 13.1 Å². The maximum atomic E-state index is 12.5. The molecule has 1 atom stereocenters. The van der Waals surface area contributed by atoms with Crippen molar-refractivity contribution < 1.29 is 9.59 Å². The Morgan fingerprint density at radius 1 is 1.21 bits per heavy atom. The van der Waals surface area contributed by atoms with E-state index in [0.29, 0.717) is 6.04 Å². The van der Waals surface area contributed by atoms with Crippen molar-refractivity contribution >= 4 is 23.2 Å². The van der Waals surface area contributed by atoms with E-state index in [2.05, 4.69) is 5.32 Å². The van der Waals surface area contributed by atoms with Gasteiger partial charge in [-0.05, 0) is 57.6 Å². The fraction of sp³-hybridized carbons (Fsp3) is 0.684. The van der Waals surface area contributed by atoms with Gasteiger partial charge in [0, 0.05) is 29.9 Å². The Hall–Kier alpha value is -1.36. The topological polar surface area (TPSA) is 49.4 Å². The standard InChI is InChI=1S/C19H28N2O2S/c1-3-21(4-2)19(23)17-12-14-11-13(9-10-16(14)24-17)18(22)20-15-7-5-6-8-15/h12-13,15H,3-11H2,1-2H3,(H,20,22). The molecule has 2 amide bonds. The molecule has 24 heavy (non-hydrogen) atoms. The number of carbonyl (C=O) groups is 2. The average Bonchev–Trinajstić information content (AvgIpc) is 3.24. The van der Waals surface area contributed by atoms with Gasteiger partial charge in [-0.25, -0.2) is 0 Å². The van der Waals surface area contributed by atoms with Crippen molar-refractivity contribution in [1.82, 2.24) is 10.2 Å². The Labute approximate surface area is 148 Å². The molecule has 1 aromatic rings. The molecule has 0 saturated heterocycles. The lowest BCUT2D eigenvalue weighted by atomic mass is 9.87. The van der Waals surface area contributed by atoms with E-state index in [1.165, 1.54) is 23.3 Å². The maximum Gasteiger partial charge on any atom is 0.263 e. The lowest BCUT2D eigenvalue weighted by molar-refractivity contribution is -0.126. The molecule has 0 radical (unpaired) electrons. The van der Waals surface area contributed by atoms with Crippen LogP contribution in [0.5, 0.6) is 0 Å². The van der Waals surface area contributed by atoms with E-state index in [4.69, 9.17) is 0 Å². The van der Waals surface area contributed by atoms with Crippen LogP contribution in [0.25, 0.3) is 0 Å². The number of amides is 2. The number of nitrogens with zero attached hydrogens (tertiary/aromatic N) is 1. The van der Waals surface area contributed by atoms with E-state index in [0.717, 1.165) is 50.1 Å². The highest BCUT2D eigenvalue weighted by Gasteiger charge is 2.29. The number of rotatable bonds is 5. The molecule has 2 aliphatic carbocycles. The van der Waals surface area contributed by atoms with Crippen LogP contribution in [-0.4, -0.2) is 35.8 Å². The van der Waals surface area contributed by atoms with Crippen LogP contribution >= 0.6 is 11.3 Å². The molecule has 1 saturated carbocycles. The lowest BCUT2D eigenvalue weighted by Crippen LogP contribution is -2.39. The monoisotopic (exact) mass is 348 g/mol. The Morgan fingerprint density at radius 2 is 1.92 bits per heavy atom. The van der Waals surface area contributed by atoms with Gasteiger partial charge >= 0.3 is 0 Å². The van der Waals surface area contributed by atoms with Gasteiger partial charge in [0.15, 0.2) is 0 Å². The summed E-state index contributed by atoms with van der Waals surface area (Å²) in [5, 5.41) is 3.23. The summed E-state index contributed by atoms with van der Waals surface area (Å²) in [6, 6.07) is 2.43. The number of hydrogen-bond donors (Lipinski definition) is 1. The van der Waals surface area contributed by atoms with Gasteiger partial charge in [0.1, 0.15) is 0 Å². The van der Waals surface area contributed by atoms with Crippen LogP contribution in [0.2, 0.25) is 0 Å². The molecule has 0 aliphatic heterocycles. The van der Waals surface area contributed by atoms with Gasteiger partial charge in [-0.1, -0.05) is 12.8 Å². The van der Waals surface area contributed by atoms with Crippen molar-refractivity contribution in [2.24, 2.45) is 5.92 Å². The van der Waals surface area contributed by atoms with Gasteiger partial charge in [-0.2, -0.15) is 0 Å². The molecule has 1 fully saturated rings. The molecule has 4 nitrogen and oxygen atoms in total. The third-order valence-corrected chi connectivity index (χ3v) is 6.64. The minimum Gasteiger partial charge on any atom is -0.353 e. The second-order valence-corrected chi connectivity index (χ2v) is 8.10. The lowest BCUT2D eigenvalue weighted by Gasteiger charge is -2.23. The second-order valence-electron chi connectivity index (χ2n) is 6.97. The first-order valence-corrected chi connectivity index (χ1v) is 10.1. The van der Waals surface area contributed by atoms with Crippen LogP contribution in [0.1, 0.15) is 66.1 Å². The SMILES string of the molecule is CCN(CC)C(=O)c1cc2c(s1)CCC(C(=O)NC1CCCC1)C2. The minimum absolute atomic E-state index is 0.0732. The molecule has 0 bridgehead atoms. The molecular formula is C19H28N2O2S. The van der Waals surface area contributed by atoms with Crippen LogP contribution in [-0.2, 0) is 17.6 Å². The summed E-state index contributed by atoms with van der Waals surface area (Å²) in [5.74, 6) is 0.422. The van der Waals surface area contributed by atoms with Crippen LogP contribution in [0.4, 0.5) is 0 Å². The molecule has 1 aromatic heterocycles. The maximum absolute atomic E-state index is 12.5. The van der Waals surface area contributed by atoms with Crippen molar-refractivity contribution in [3.8, 4) is 0 Å². The second kappa shape index (κ2) is 7.68. The van der Waals surface area contributed by atoms with E-state index in [9.17, 15) is 9.59 Å². The molecule has 3 rings (SSSR count). The zero-order chi connectivity index (χ0) is 17.1. The average molecular weight is 349 g/mol. The van der Waals surface area contributed by atoms with E-state index >= 15 is 0 Å². The first-order valence-electron chi connectivity index (χ1n) is 9.33. The zero-order valence-corrected chi connectivity index (χ0v) is 15.6. The summed E-state index contributed by atoms with van der Waals surface area (Å²) in [7, 11) is 0. The first-order chi connectivity index (χ1) is 11.6. The smallest absolute Gasteiger partial charge is 0.263 e. The number of thiophene rings is 1. The third-order valence-electron chi connectivity index (χ3n) is 5.42. The van der Waals surface area contributed by atoms with E-state index < -0.39 is 0 Å². The predicted octanol–water partition coefficient (Wildman–Crippen LogP) is 3.39. The Bertz CT molecular complexity index is 601. The van der Waals surface area contributed by atoms with Crippen LogP contribution < -0.4 is 5.32 Å². The van der Waals surface area contributed by atoms with E-state index in [-0.39, 0.29) is 17.7 Å². The summed E-state index contributed by atoms with van der Waals surface area (Å²) in [5.41, 5.74) is 1.22. The fourth-order valence-electron chi connectivity index (χ4n) is 3.91. The minimum atomic E-state index is 0.0732. The summed E-state index contributed by atoms with van der Waals surface area (Å²) < 4.78 is 0. The number of aryl methyl sites for hydroxylation is 1. The van der Waals surface area contributed by atoms with Gasteiger partial charge < -0.3 is 10.2 Å². The number of hydrogen-bond acceptors (Lipinski definition) is 3. The van der Waals surface area contributed by atoms with Gasteiger partial charge in [-0.15, -0.1) is 11.3 Å². The zero-order valence-electron chi connectivity index (χ0n) is 14.8. The molecular weight excluding hydrogens is 320 g/mol. The largest absolute Gasteiger partial charge is 0.353 e. The Kier molecular flexibility index (Phi) is 5.59. The quantitative estimate of drug-likeness (QED) is 0.887. The van der Waals surface area contributed by atoms with Crippen molar-refractivity contribution in [2.45, 2.75) is 64.8 Å². The fourth-order valence-corrected chi connectivity index (χ4v) is 5.09. The Morgan fingerprint density at radius 3 is 2.58 bits per heavy atom. The highest BCUT2D eigenvalue weighted by atomic mass is 32.1. The number of nitrogens with one attached hydrogen (secondary N) is 1. The molecule has 1 N–H and O–H groups in total. The summed E-state index contributed by atoms with van der Waals surface area (Å²) in [6.07, 6.45) is 7.35. The Balaban J connectivity index is 1.65. The van der Waals surface area contributed by atoms with Gasteiger partial charge in [0.25, 0.3) is 5.91 Å². The van der Waals surface area contributed by atoms with Gasteiger partial charge in [0.2, 0.25) is 5.91 Å². The van der Waals surface area contributed by atoms with E-state index in [1.807, 2.05) is 24.8 Å². The van der Waals surface area contributed by atoms with Crippen LogP contribution in [0.15, 0.2) is 6.07 Å². The molecule has 1 heterocycles. The molecule has 5 heteroatoms. The number of carbonyl (C=O) groups excluding carboxylic acids is 2. The first kappa shape index (κ1) is 17.5. The molecule has 0 aromatic carbocycles. The van der Waals surface area contributed by atoms with Crippen molar-refractivity contribution in [1.29, 1.82) is 0 Å². The molecule has 1 unspecified atom stereocenters. The molecule has 0 spiro atoms. The van der Waals surface area contributed by atoms with Crippen molar-refractivity contribution in [3.05, 3.63) is 21.4 Å². The van der Waals surface area contributed by atoms with E-state index in [1.54, 1.807) is 11.3 Å². The summed E-state index contributed by atoms with van der Waals surface area (Å²) in [4.78, 5) is 29.0. The molecule has 132 valence electrons. The number of fused-ring (bicyclic) bond motifs is 1. The van der Waals surface area contributed by atoms with Crippen LogP contribution in [0, 0.1) is 5.92 Å².